The number of anilines is 2. The molecule has 23 heavy (non-hydrogen) atoms. The zero-order valence-electron chi connectivity index (χ0n) is 12.9. The van der Waals surface area contributed by atoms with Gasteiger partial charge < -0.3 is 15.4 Å². The van der Waals surface area contributed by atoms with Crippen LogP contribution in [0, 0.1) is 6.92 Å². The first-order chi connectivity index (χ1) is 11.0. The van der Waals surface area contributed by atoms with E-state index in [1.165, 1.54) is 0 Å². The van der Waals surface area contributed by atoms with Gasteiger partial charge in [0.2, 0.25) is 11.8 Å². The summed E-state index contributed by atoms with van der Waals surface area (Å²) < 4.78 is 5.08. The first kappa shape index (κ1) is 16.8. The Hall–Kier alpha value is -2.53. The molecule has 6 heteroatoms. The van der Waals surface area contributed by atoms with Gasteiger partial charge in [-0.1, -0.05) is 23.7 Å². The smallest absolute Gasteiger partial charge is 0.233 e. The Morgan fingerprint density at radius 1 is 1.09 bits per heavy atom. The summed E-state index contributed by atoms with van der Waals surface area (Å²) >= 11 is 6.00. The summed E-state index contributed by atoms with van der Waals surface area (Å²) in [7, 11) is 1.54. The second-order valence-corrected chi connectivity index (χ2v) is 5.32. The van der Waals surface area contributed by atoms with Crippen LogP contribution in [-0.4, -0.2) is 18.9 Å². The Kier molecular flexibility index (Phi) is 5.60. The molecule has 2 aromatic rings. The van der Waals surface area contributed by atoms with Crippen LogP contribution in [0.3, 0.4) is 0 Å². The molecule has 0 radical (unpaired) electrons. The van der Waals surface area contributed by atoms with Crippen LogP contribution in [-0.2, 0) is 9.59 Å². The third-order valence-electron chi connectivity index (χ3n) is 3.22. The van der Waals surface area contributed by atoms with Crippen LogP contribution in [0.5, 0.6) is 5.75 Å². The van der Waals surface area contributed by atoms with E-state index in [1.54, 1.807) is 56.5 Å². The fourth-order valence-electron chi connectivity index (χ4n) is 1.99. The predicted octanol–water partition coefficient (Wildman–Crippen LogP) is 3.62. The van der Waals surface area contributed by atoms with Crippen molar-refractivity contribution in [2.75, 3.05) is 17.7 Å². The van der Waals surface area contributed by atoms with Gasteiger partial charge in [0, 0.05) is 22.5 Å². The molecule has 0 heterocycles. The lowest BCUT2D eigenvalue weighted by atomic mass is 10.2. The van der Waals surface area contributed by atoms with Gasteiger partial charge in [-0.05, 0) is 36.8 Å². The zero-order valence-corrected chi connectivity index (χ0v) is 13.6. The summed E-state index contributed by atoms with van der Waals surface area (Å²) in [5, 5.41) is 5.89. The second kappa shape index (κ2) is 7.65. The maximum absolute atomic E-state index is 12.0. The monoisotopic (exact) mass is 332 g/mol. The maximum Gasteiger partial charge on any atom is 0.233 e. The van der Waals surface area contributed by atoms with Crippen molar-refractivity contribution in [3.63, 3.8) is 0 Å². The summed E-state index contributed by atoms with van der Waals surface area (Å²) in [5.41, 5.74) is 1.92. The van der Waals surface area contributed by atoms with Gasteiger partial charge in [0.1, 0.15) is 12.2 Å². The highest BCUT2D eigenvalue weighted by atomic mass is 35.5. The number of nitrogens with one attached hydrogen (secondary N) is 2. The maximum atomic E-state index is 12.0. The number of amides is 2. The van der Waals surface area contributed by atoms with Gasteiger partial charge in [0.15, 0.2) is 0 Å². The molecule has 0 aliphatic carbocycles. The van der Waals surface area contributed by atoms with Gasteiger partial charge in [-0.25, -0.2) is 0 Å². The highest BCUT2D eigenvalue weighted by Gasteiger charge is 2.12. The lowest BCUT2D eigenvalue weighted by Crippen LogP contribution is -2.21. The number of hydrogen-bond acceptors (Lipinski definition) is 3. The molecule has 0 saturated heterocycles. The quantitative estimate of drug-likeness (QED) is 0.822. The third kappa shape index (κ3) is 4.72. The highest BCUT2D eigenvalue weighted by molar-refractivity contribution is 6.31. The van der Waals surface area contributed by atoms with E-state index in [0.717, 1.165) is 5.56 Å². The molecule has 0 aromatic heterocycles. The highest BCUT2D eigenvalue weighted by Crippen LogP contribution is 2.23. The number of methoxy groups -OCH3 is 1. The van der Waals surface area contributed by atoms with Crippen molar-refractivity contribution in [2.45, 2.75) is 13.3 Å². The molecule has 0 unspecified atom stereocenters. The van der Waals surface area contributed by atoms with Crippen molar-refractivity contribution in [3.05, 3.63) is 53.1 Å². The Morgan fingerprint density at radius 3 is 2.52 bits per heavy atom. The van der Waals surface area contributed by atoms with E-state index in [0.29, 0.717) is 22.1 Å². The molecule has 0 bridgehead atoms. The molecule has 0 aliphatic rings. The standard InChI is InChI=1S/C17H17ClN2O3/c1-11-14(18)7-4-8-15(11)20-17(22)10-16(21)19-12-5-3-6-13(9-12)23-2/h3-9H,10H2,1-2H3,(H,19,21)(H,20,22). The summed E-state index contributed by atoms with van der Waals surface area (Å²) in [6.45, 7) is 1.80. The van der Waals surface area contributed by atoms with Crippen LogP contribution in [0.25, 0.3) is 0 Å². The SMILES string of the molecule is COc1cccc(NC(=O)CC(=O)Nc2cccc(Cl)c2C)c1. The van der Waals surface area contributed by atoms with Crippen molar-refractivity contribution in [3.8, 4) is 5.75 Å². The summed E-state index contributed by atoms with van der Waals surface area (Å²) in [4.78, 5) is 23.9. The van der Waals surface area contributed by atoms with E-state index in [-0.39, 0.29) is 6.42 Å². The van der Waals surface area contributed by atoms with E-state index < -0.39 is 11.8 Å². The molecule has 2 N–H and O–H groups in total. The molecule has 0 atom stereocenters. The first-order valence-electron chi connectivity index (χ1n) is 6.98. The topological polar surface area (TPSA) is 67.4 Å². The molecule has 0 spiro atoms. The van der Waals surface area contributed by atoms with Crippen LogP contribution in [0.1, 0.15) is 12.0 Å². The van der Waals surface area contributed by atoms with Gasteiger partial charge in [0.05, 0.1) is 7.11 Å². The number of halogens is 1. The Balaban J connectivity index is 1.94. The predicted molar refractivity (Wildman–Crippen MR) is 91.1 cm³/mol. The Labute approximate surface area is 139 Å². The number of hydrogen-bond donors (Lipinski definition) is 2. The molecular weight excluding hydrogens is 316 g/mol. The van der Waals surface area contributed by atoms with Crippen LogP contribution >= 0.6 is 11.6 Å². The molecule has 120 valence electrons. The summed E-state index contributed by atoms with van der Waals surface area (Å²) in [6, 6.07) is 12.1. The van der Waals surface area contributed by atoms with Gasteiger partial charge in [0.25, 0.3) is 0 Å². The lowest BCUT2D eigenvalue weighted by molar-refractivity contribution is -0.123. The minimum atomic E-state index is -0.407. The van der Waals surface area contributed by atoms with Crippen LogP contribution in [0.2, 0.25) is 5.02 Å². The normalized spacial score (nSPS) is 10.0. The summed E-state index contributed by atoms with van der Waals surface area (Å²) in [5.74, 6) is -0.187. The molecule has 0 fully saturated rings. The average Bonchev–Trinajstić information content (AvgIpc) is 2.51. The molecular formula is C17H17ClN2O3. The van der Waals surface area contributed by atoms with Gasteiger partial charge in [-0.2, -0.15) is 0 Å². The molecule has 2 rings (SSSR count). The van der Waals surface area contributed by atoms with Gasteiger partial charge in [-0.3, -0.25) is 9.59 Å². The number of carbonyl (C=O) groups is 2. The summed E-state index contributed by atoms with van der Waals surface area (Å²) in [6.07, 6.45) is -0.289. The fraction of sp³-hybridized carbons (Fsp3) is 0.176. The van der Waals surface area contributed by atoms with Crippen molar-refractivity contribution in [1.82, 2.24) is 0 Å². The van der Waals surface area contributed by atoms with Crippen molar-refractivity contribution >= 4 is 34.8 Å². The van der Waals surface area contributed by atoms with Crippen molar-refractivity contribution in [2.24, 2.45) is 0 Å². The zero-order chi connectivity index (χ0) is 16.8. The van der Waals surface area contributed by atoms with Crippen molar-refractivity contribution < 1.29 is 14.3 Å². The number of benzene rings is 2. The lowest BCUT2D eigenvalue weighted by Gasteiger charge is -2.10. The van der Waals surface area contributed by atoms with Crippen molar-refractivity contribution in [1.29, 1.82) is 0 Å². The number of carbonyl (C=O) groups excluding carboxylic acids is 2. The minimum Gasteiger partial charge on any atom is -0.497 e. The first-order valence-corrected chi connectivity index (χ1v) is 7.36. The Morgan fingerprint density at radius 2 is 1.78 bits per heavy atom. The molecule has 2 aromatic carbocycles. The average molecular weight is 333 g/mol. The fourth-order valence-corrected chi connectivity index (χ4v) is 2.16. The third-order valence-corrected chi connectivity index (χ3v) is 3.63. The van der Waals surface area contributed by atoms with Crippen LogP contribution < -0.4 is 15.4 Å². The van der Waals surface area contributed by atoms with Gasteiger partial charge >= 0.3 is 0 Å². The van der Waals surface area contributed by atoms with E-state index in [9.17, 15) is 9.59 Å². The number of ether oxygens (including phenoxy) is 1. The minimum absolute atomic E-state index is 0.289. The molecule has 0 saturated carbocycles. The van der Waals surface area contributed by atoms with E-state index in [1.807, 2.05) is 0 Å². The van der Waals surface area contributed by atoms with Crippen LogP contribution in [0.4, 0.5) is 11.4 Å². The largest absolute Gasteiger partial charge is 0.497 e. The van der Waals surface area contributed by atoms with E-state index in [4.69, 9.17) is 16.3 Å². The van der Waals surface area contributed by atoms with Gasteiger partial charge in [-0.15, -0.1) is 0 Å². The molecule has 0 aliphatic heterocycles. The Bertz CT molecular complexity index is 732. The molecule has 2 amide bonds. The number of rotatable bonds is 5. The van der Waals surface area contributed by atoms with E-state index >= 15 is 0 Å². The second-order valence-electron chi connectivity index (χ2n) is 4.92. The van der Waals surface area contributed by atoms with E-state index in [2.05, 4.69) is 10.6 Å². The molecule has 5 nitrogen and oxygen atoms in total. The van der Waals surface area contributed by atoms with Crippen LogP contribution in [0.15, 0.2) is 42.5 Å².